The smallest absolute Gasteiger partial charge is 0.335 e. The second-order valence-electron chi connectivity index (χ2n) is 5.67. The van der Waals surface area contributed by atoms with Crippen LogP contribution in [0.1, 0.15) is 48.5 Å². The Bertz CT molecular complexity index is 619. The van der Waals surface area contributed by atoms with E-state index in [1.54, 1.807) is 6.92 Å². The lowest BCUT2D eigenvalue weighted by Crippen LogP contribution is -2.28. The van der Waals surface area contributed by atoms with Gasteiger partial charge in [-0.2, -0.15) is 0 Å². The Balaban J connectivity index is 2.44. The van der Waals surface area contributed by atoms with Gasteiger partial charge < -0.3 is 5.11 Å². The van der Waals surface area contributed by atoms with Crippen molar-refractivity contribution in [3.63, 3.8) is 0 Å². The van der Waals surface area contributed by atoms with Crippen molar-refractivity contribution in [1.29, 1.82) is 0 Å². The predicted molar refractivity (Wildman–Crippen MR) is 76.7 cm³/mol. The summed E-state index contributed by atoms with van der Waals surface area (Å²) in [6.45, 7) is 3.64. The van der Waals surface area contributed by atoms with Crippen molar-refractivity contribution < 1.29 is 18.3 Å². The zero-order chi connectivity index (χ0) is 14.9. The molecule has 0 heterocycles. The maximum atomic E-state index is 12.7. The molecule has 1 aromatic rings. The second-order valence-corrected chi connectivity index (χ2v) is 7.87. The lowest BCUT2D eigenvalue weighted by Gasteiger charge is -2.27. The van der Waals surface area contributed by atoms with Gasteiger partial charge in [0.1, 0.15) is 0 Å². The van der Waals surface area contributed by atoms with E-state index in [4.69, 9.17) is 5.11 Å². The summed E-state index contributed by atoms with van der Waals surface area (Å²) in [4.78, 5) is 11.3. The van der Waals surface area contributed by atoms with Crippen LogP contribution in [0.4, 0.5) is 0 Å². The molecule has 0 spiro atoms. The summed E-state index contributed by atoms with van der Waals surface area (Å²) >= 11 is 0. The molecule has 2 atom stereocenters. The average molecular weight is 296 g/mol. The van der Waals surface area contributed by atoms with Crippen LogP contribution in [0.5, 0.6) is 0 Å². The Kier molecular flexibility index (Phi) is 4.18. The summed E-state index contributed by atoms with van der Waals surface area (Å²) in [5, 5.41) is 8.73. The third-order valence-corrected chi connectivity index (χ3v) is 6.51. The van der Waals surface area contributed by atoms with E-state index in [-0.39, 0.29) is 15.7 Å². The Hall–Kier alpha value is -1.36. The van der Waals surface area contributed by atoms with Gasteiger partial charge >= 0.3 is 5.97 Å². The number of benzene rings is 1. The third-order valence-electron chi connectivity index (χ3n) is 4.15. The number of hydrogen-bond acceptors (Lipinski definition) is 3. The minimum atomic E-state index is -3.44. The van der Waals surface area contributed by atoms with Crippen molar-refractivity contribution in [3.05, 3.63) is 29.3 Å². The van der Waals surface area contributed by atoms with Crippen LogP contribution in [0.3, 0.4) is 0 Å². The van der Waals surface area contributed by atoms with Crippen molar-refractivity contribution in [3.8, 4) is 0 Å². The maximum Gasteiger partial charge on any atom is 0.335 e. The fourth-order valence-corrected chi connectivity index (χ4v) is 5.22. The number of rotatable bonds is 3. The molecule has 0 aliphatic heterocycles. The summed E-state index contributed by atoms with van der Waals surface area (Å²) < 4.78 is 25.5. The normalized spacial score (nSPS) is 23.5. The molecule has 0 saturated heterocycles. The molecule has 1 N–H and O–H groups in total. The van der Waals surface area contributed by atoms with E-state index in [9.17, 15) is 13.2 Å². The van der Waals surface area contributed by atoms with Crippen LogP contribution in [-0.4, -0.2) is 24.7 Å². The molecule has 110 valence electrons. The van der Waals surface area contributed by atoms with Crippen LogP contribution >= 0.6 is 0 Å². The van der Waals surface area contributed by atoms with Gasteiger partial charge in [0.2, 0.25) is 0 Å². The number of carbonyl (C=O) groups is 1. The van der Waals surface area contributed by atoms with E-state index in [1.807, 2.05) is 0 Å². The van der Waals surface area contributed by atoms with Crippen LogP contribution in [0.15, 0.2) is 23.1 Å². The maximum absolute atomic E-state index is 12.7. The third kappa shape index (κ3) is 2.73. The second kappa shape index (κ2) is 5.56. The van der Waals surface area contributed by atoms with Crippen molar-refractivity contribution >= 4 is 15.8 Å². The van der Waals surface area contributed by atoms with Crippen LogP contribution in [0.2, 0.25) is 0 Å². The first-order chi connectivity index (χ1) is 9.34. The highest BCUT2D eigenvalue weighted by Gasteiger charge is 2.33. The average Bonchev–Trinajstić information content (AvgIpc) is 2.38. The van der Waals surface area contributed by atoms with Crippen LogP contribution in [0.25, 0.3) is 0 Å². The van der Waals surface area contributed by atoms with E-state index >= 15 is 0 Å². The molecule has 2 rings (SSSR count). The van der Waals surface area contributed by atoms with Crippen molar-refractivity contribution in [2.24, 2.45) is 5.92 Å². The molecule has 0 bridgehead atoms. The minimum Gasteiger partial charge on any atom is -0.478 e. The number of hydrogen-bond donors (Lipinski definition) is 1. The molecule has 1 aliphatic carbocycles. The largest absolute Gasteiger partial charge is 0.478 e. The molecule has 0 amide bonds. The van der Waals surface area contributed by atoms with Gasteiger partial charge in [-0.15, -0.1) is 0 Å². The van der Waals surface area contributed by atoms with Gasteiger partial charge in [0, 0.05) is 0 Å². The molecule has 20 heavy (non-hydrogen) atoms. The molecule has 1 aromatic carbocycles. The molecule has 1 aliphatic rings. The molecule has 1 saturated carbocycles. The standard InChI is InChI=1S/C15H20O4S/c1-10-5-3-6-12(9-10)20(18,19)14-8-4-7-13(11(14)2)15(16)17/h4,7-8,10,12H,3,5-6,9H2,1-2H3,(H,16,17). The summed E-state index contributed by atoms with van der Waals surface area (Å²) in [5.74, 6) is -0.678. The SMILES string of the molecule is Cc1c(C(=O)O)cccc1S(=O)(=O)C1CCCC(C)C1. The molecule has 0 aromatic heterocycles. The lowest BCUT2D eigenvalue weighted by molar-refractivity contribution is 0.0696. The molecule has 0 radical (unpaired) electrons. The molecule has 5 heteroatoms. The van der Waals surface area contributed by atoms with Crippen molar-refractivity contribution in [1.82, 2.24) is 0 Å². The van der Waals surface area contributed by atoms with Crippen molar-refractivity contribution in [2.75, 3.05) is 0 Å². The number of sulfone groups is 1. The topological polar surface area (TPSA) is 71.4 Å². The zero-order valence-corrected chi connectivity index (χ0v) is 12.6. The fourth-order valence-electron chi connectivity index (χ4n) is 2.99. The van der Waals surface area contributed by atoms with E-state index in [2.05, 4.69) is 6.92 Å². The van der Waals surface area contributed by atoms with Crippen LogP contribution in [0, 0.1) is 12.8 Å². The van der Waals surface area contributed by atoms with E-state index < -0.39 is 15.8 Å². The summed E-state index contributed by atoms with van der Waals surface area (Å²) in [7, 11) is -3.44. The van der Waals surface area contributed by atoms with Crippen LogP contribution < -0.4 is 0 Å². The first-order valence-corrected chi connectivity index (χ1v) is 8.45. The van der Waals surface area contributed by atoms with Crippen molar-refractivity contribution in [2.45, 2.75) is 49.7 Å². The monoisotopic (exact) mass is 296 g/mol. The first-order valence-electron chi connectivity index (χ1n) is 6.91. The highest BCUT2D eigenvalue weighted by Crippen LogP contribution is 2.33. The van der Waals surface area contributed by atoms with Gasteiger partial charge in [-0.25, -0.2) is 13.2 Å². The van der Waals surface area contributed by atoms with Gasteiger partial charge in [0.25, 0.3) is 0 Å². The molecule has 4 nitrogen and oxygen atoms in total. The van der Waals surface area contributed by atoms with E-state index in [0.29, 0.717) is 24.3 Å². The van der Waals surface area contributed by atoms with Gasteiger partial charge in [-0.05, 0) is 43.4 Å². The fraction of sp³-hybridized carbons (Fsp3) is 0.533. The Morgan fingerprint density at radius 1 is 1.30 bits per heavy atom. The van der Waals surface area contributed by atoms with Gasteiger partial charge in [0.05, 0.1) is 15.7 Å². The summed E-state index contributed by atoms with van der Waals surface area (Å²) in [5.41, 5.74) is 0.410. The van der Waals surface area contributed by atoms with Gasteiger partial charge in [-0.3, -0.25) is 0 Å². The Labute approximate surface area is 119 Å². The van der Waals surface area contributed by atoms with Crippen LogP contribution in [-0.2, 0) is 9.84 Å². The quantitative estimate of drug-likeness (QED) is 0.930. The molecular weight excluding hydrogens is 276 g/mol. The Morgan fingerprint density at radius 2 is 2.00 bits per heavy atom. The van der Waals surface area contributed by atoms with E-state index in [0.717, 1.165) is 12.8 Å². The molecule has 2 unspecified atom stereocenters. The van der Waals surface area contributed by atoms with E-state index in [1.165, 1.54) is 18.2 Å². The highest BCUT2D eigenvalue weighted by atomic mass is 32.2. The zero-order valence-electron chi connectivity index (χ0n) is 11.8. The highest BCUT2D eigenvalue weighted by molar-refractivity contribution is 7.92. The molecular formula is C15H20O4S. The number of aromatic carboxylic acids is 1. The number of carboxylic acid groups (broad SMARTS) is 1. The predicted octanol–water partition coefficient (Wildman–Crippen LogP) is 3.05. The van der Waals surface area contributed by atoms with Gasteiger partial charge in [0.15, 0.2) is 9.84 Å². The Morgan fingerprint density at radius 3 is 2.60 bits per heavy atom. The first kappa shape index (κ1) is 15.0. The lowest BCUT2D eigenvalue weighted by atomic mass is 9.91. The minimum absolute atomic E-state index is 0.0648. The summed E-state index contributed by atoms with van der Waals surface area (Å²) in [6, 6.07) is 4.48. The molecule has 1 fully saturated rings. The number of carboxylic acids is 1. The van der Waals surface area contributed by atoms with Gasteiger partial charge in [-0.1, -0.05) is 25.8 Å². The summed E-state index contributed by atoms with van der Waals surface area (Å²) in [6.07, 6.45) is 3.32.